The Balaban J connectivity index is 2.00. The molecule has 2 heterocycles. The van der Waals surface area contributed by atoms with Crippen LogP contribution in [0.5, 0.6) is 0 Å². The van der Waals surface area contributed by atoms with E-state index in [2.05, 4.69) is 29.3 Å². The lowest BCUT2D eigenvalue weighted by Crippen LogP contribution is -2.34. The number of nitrogens with zero attached hydrogens (tertiary/aromatic N) is 3. The quantitative estimate of drug-likeness (QED) is 0.888. The largest absolute Gasteiger partial charge is 0.384 e. The van der Waals surface area contributed by atoms with Gasteiger partial charge in [0.2, 0.25) is 0 Å². The van der Waals surface area contributed by atoms with E-state index in [1.54, 1.807) is 12.3 Å². The van der Waals surface area contributed by atoms with Crippen LogP contribution in [0.4, 0.5) is 5.69 Å². The summed E-state index contributed by atoms with van der Waals surface area (Å²) in [6.45, 7) is 4.50. The van der Waals surface area contributed by atoms with E-state index < -0.39 is 0 Å². The average Bonchev–Trinajstić information content (AvgIpc) is 2.89. The van der Waals surface area contributed by atoms with Gasteiger partial charge in [-0.1, -0.05) is 0 Å². The Labute approximate surface area is 114 Å². The van der Waals surface area contributed by atoms with Gasteiger partial charge in [-0.3, -0.25) is 4.79 Å². The van der Waals surface area contributed by atoms with E-state index in [4.69, 9.17) is 0 Å². The lowest BCUT2D eigenvalue weighted by atomic mass is 10.2. The third-order valence-electron chi connectivity index (χ3n) is 3.54. The van der Waals surface area contributed by atoms with Gasteiger partial charge in [0, 0.05) is 25.7 Å². The fourth-order valence-electron chi connectivity index (χ4n) is 2.34. The van der Waals surface area contributed by atoms with Crippen LogP contribution >= 0.6 is 0 Å². The molecule has 0 aliphatic carbocycles. The fraction of sp³-hybridized carbons (Fsp3) is 0.571. The van der Waals surface area contributed by atoms with Crippen LogP contribution in [0.25, 0.3) is 0 Å². The third kappa shape index (κ3) is 3.23. The number of carbonyl (C=O) groups is 1. The Bertz CT molecular complexity index is 430. The summed E-state index contributed by atoms with van der Waals surface area (Å²) >= 11 is 0. The van der Waals surface area contributed by atoms with Crippen LogP contribution in [0.2, 0.25) is 0 Å². The van der Waals surface area contributed by atoms with Crippen molar-refractivity contribution < 1.29 is 4.79 Å². The second-order valence-electron chi connectivity index (χ2n) is 5.12. The average molecular weight is 262 g/mol. The van der Waals surface area contributed by atoms with Crippen molar-refractivity contribution >= 4 is 11.6 Å². The summed E-state index contributed by atoms with van der Waals surface area (Å²) in [5.41, 5.74) is 1.48. The summed E-state index contributed by atoms with van der Waals surface area (Å²) < 4.78 is 0. The molecule has 1 N–H and O–H groups in total. The Hall–Kier alpha value is -1.62. The molecule has 104 valence electrons. The van der Waals surface area contributed by atoms with Gasteiger partial charge in [0.15, 0.2) is 0 Å². The van der Waals surface area contributed by atoms with Gasteiger partial charge in [-0.25, -0.2) is 4.98 Å². The van der Waals surface area contributed by atoms with Crippen molar-refractivity contribution in [1.82, 2.24) is 14.8 Å². The van der Waals surface area contributed by atoms with Crippen LogP contribution in [0.3, 0.4) is 0 Å². The van der Waals surface area contributed by atoms with Crippen molar-refractivity contribution in [2.24, 2.45) is 0 Å². The Kier molecular flexibility index (Phi) is 4.37. The molecular weight excluding hydrogens is 240 g/mol. The monoisotopic (exact) mass is 262 g/mol. The number of anilines is 1. The number of pyridine rings is 1. The van der Waals surface area contributed by atoms with E-state index in [1.807, 2.05) is 17.9 Å². The summed E-state index contributed by atoms with van der Waals surface area (Å²) in [6.07, 6.45) is 2.75. The van der Waals surface area contributed by atoms with Gasteiger partial charge in [-0.05, 0) is 39.6 Å². The molecule has 1 amide bonds. The topological polar surface area (TPSA) is 48.5 Å². The second kappa shape index (κ2) is 6.02. The van der Waals surface area contributed by atoms with Crippen LogP contribution in [0, 0.1) is 0 Å². The van der Waals surface area contributed by atoms with E-state index in [9.17, 15) is 4.79 Å². The lowest BCUT2D eigenvalue weighted by molar-refractivity contribution is 0.0777. The number of carbonyl (C=O) groups excluding carboxylic acids is 1. The number of amides is 1. The SMILES string of the molecule is CCNc1ccc(C(=O)N2CCC(N(C)C)C2)nc1. The van der Waals surface area contributed by atoms with E-state index in [0.29, 0.717) is 11.7 Å². The number of nitrogens with one attached hydrogen (secondary N) is 1. The van der Waals surface area contributed by atoms with E-state index >= 15 is 0 Å². The van der Waals surface area contributed by atoms with Crippen molar-refractivity contribution in [3.8, 4) is 0 Å². The van der Waals surface area contributed by atoms with Crippen LogP contribution in [0.1, 0.15) is 23.8 Å². The van der Waals surface area contributed by atoms with Gasteiger partial charge in [-0.2, -0.15) is 0 Å². The minimum Gasteiger partial charge on any atom is -0.384 e. The summed E-state index contributed by atoms with van der Waals surface area (Å²) in [4.78, 5) is 20.6. The molecule has 19 heavy (non-hydrogen) atoms. The van der Waals surface area contributed by atoms with Crippen molar-refractivity contribution in [3.63, 3.8) is 0 Å². The van der Waals surface area contributed by atoms with Crippen LogP contribution in [-0.4, -0.2) is 60.5 Å². The maximum atomic E-state index is 12.3. The first kappa shape index (κ1) is 13.8. The number of likely N-dealkylation sites (N-methyl/N-ethyl adjacent to an activating group) is 1. The molecule has 1 fully saturated rings. The first-order chi connectivity index (χ1) is 9.11. The van der Waals surface area contributed by atoms with E-state index in [0.717, 1.165) is 31.7 Å². The van der Waals surface area contributed by atoms with E-state index in [-0.39, 0.29) is 5.91 Å². The highest BCUT2D eigenvalue weighted by atomic mass is 16.2. The number of hydrogen-bond donors (Lipinski definition) is 1. The van der Waals surface area contributed by atoms with Crippen molar-refractivity contribution in [1.29, 1.82) is 0 Å². The number of hydrogen-bond acceptors (Lipinski definition) is 4. The fourth-order valence-corrected chi connectivity index (χ4v) is 2.34. The van der Waals surface area contributed by atoms with Crippen LogP contribution < -0.4 is 5.32 Å². The zero-order chi connectivity index (χ0) is 13.8. The maximum absolute atomic E-state index is 12.3. The van der Waals surface area contributed by atoms with Gasteiger partial charge in [0.25, 0.3) is 5.91 Å². The highest BCUT2D eigenvalue weighted by Crippen LogP contribution is 2.16. The van der Waals surface area contributed by atoms with Crippen LogP contribution in [0.15, 0.2) is 18.3 Å². The first-order valence-corrected chi connectivity index (χ1v) is 6.77. The molecule has 5 heteroatoms. The highest BCUT2D eigenvalue weighted by molar-refractivity contribution is 5.92. The smallest absolute Gasteiger partial charge is 0.272 e. The van der Waals surface area contributed by atoms with Gasteiger partial charge in [0.05, 0.1) is 11.9 Å². The second-order valence-corrected chi connectivity index (χ2v) is 5.12. The molecule has 0 saturated carbocycles. The molecule has 1 saturated heterocycles. The van der Waals surface area contributed by atoms with Gasteiger partial charge < -0.3 is 15.1 Å². The Morgan fingerprint density at radius 3 is 2.84 bits per heavy atom. The molecule has 1 aliphatic heterocycles. The standard InChI is InChI=1S/C14H22N4O/c1-4-15-11-5-6-13(16-9-11)14(19)18-8-7-12(10-18)17(2)3/h5-6,9,12,15H,4,7-8,10H2,1-3H3. The third-order valence-corrected chi connectivity index (χ3v) is 3.54. The molecule has 1 unspecified atom stereocenters. The summed E-state index contributed by atoms with van der Waals surface area (Å²) in [5.74, 6) is 0.0346. The van der Waals surface area contributed by atoms with Crippen LogP contribution in [-0.2, 0) is 0 Å². The summed E-state index contributed by atoms with van der Waals surface area (Å²) in [6, 6.07) is 4.16. The predicted molar refractivity (Wildman–Crippen MR) is 76.4 cm³/mol. The zero-order valence-electron chi connectivity index (χ0n) is 11.9. The van der Waals surface area contributed by atoms with E-state index in [1.165, 1.54) is 0 Å². The molecule has 2 rings (SSSR count). The molecule has 0 radical (unpaired) electrons. The number of likely N-dealkylation sites (tertiary alicyclic amines) is 1. The Morgan fingerprint density at radius 1 is 1.53 bits per heavy atom. The molecule has 0 bridgehead atoms. The minimum absolute atomic E-state index is 0.0346. The molecule has 1 atom stereocenters. The van der Waals surface area contributed by atoms with Crippen molar-refractivity contribution in [2.75, 3.05) is 39.0 Å². The number of rotatable bonds is 4. The summed E-state index contributed by atoms with van der Waals surface area (Å²) in [7, 11) is 4.12. The molecule has 1 aromatic rings. The predicted octanol–water partition coefficient (Wildman–Crippen LogP) is 1.29. The molecule has 1 aliphatic rings. The van der Waals surface area contributed by atoms with Gasteiger partial charge >= 0.3 is 0 Å². The maximum Gasteiger partial charge on any atom is 0.272 e. The molecule has 0 spiro atoms. The summed E-state index contributed by atoms with van der Waals surface area (Å²) in [5, 5.41) is 3.17. The van der Waals surface area contributed by atoms with Crippen molar-refractivity contribution in [2.45, 2.75) is 19.4 Å². The highest BCUT2D eigenvalue weighted by Gasteiger charge is 2.28. The molecule has 0 aromatic carbocycles. The van der Waals surface area contributed by atoms with Gasteiger partial charge in [-0.15, -0.1) is 0 Å². The minimum atomic E-state index is 0.0346. The normalized spacial score (nSPS) is 18.9. The van der Waals surface area contributed by atoms with Gasteiger partial charge in [0.1, 0.15) is 5.69 Å². The molecule has 1 aromatic heterocycles. The first-order valence-electron chi connectivity index (χ1n) is 6.77. The molecule has 5 nitrogen and oxygen atoms in total. The number of aromatic nitrogens is 1. The zero-order valence-corrected chi connectivity index (χ0v) is 11.9. The molecular formula is C14H22N4O. The lowest BCUT2D eigenvalue weighted by Gasteiger charge is -2.20. The Morgan fingerprint density at radius 2 is 2.32 bits per heavy atom. The van der Waals surface area contributed by atoms with Crippen molar-refractivity contribution in [3.05, 3.63) is 24.0 Å².